The second-order valence-corrected chi connectivity index (χ2v) is 5.05. The van der Waals surface area contributed by atoms with E-state index in [1.54, 1.807) is 13.2 Å². The molecule has 0 aromatic heterocycles. The Balaban J connectivity index is 2.44. The van der Waals surface area contributed by atoms with E-state index in [4.69, 9.17) is 4.74 Å². The number of carbonyl (C=O) groups excluding carboxylic acids is 1. The highest BCUT2D eigenvalue weighted by molar-refractivity contribution is 6.14. The van der Waals surface area contributed by atoms with Gasteiger partial charge in [0.05, 0.1) is 7.11 Å². The number of benzene rings is 1. The number of nitrogens with zero attached hydrogens (tertiary/aromatic N) is 1. The molecular formula is C16H20N2O2. The van der Waals surface area contributed by atoms with Crippen molar-refractivity contribution in [3.05, 3.63) is 35.0 Å². The summed E-state index contributed by atoms with van der Waals surface area (Å²) in [5, 5.41) is 2.75. The van der Waals surface area contributed by atoms with E-state index in [2.05, 4.69) is 24.2 Å². The van der Waals surface area contributed by atoms with E-state index in [1.165, 1.54) is 5.56 Å². The van der Waals surface area contributed by atoms with Crippen LogP contribution in [0.5, 0.6) is 5.75 Å². The summed E-state index contributed by atoms with van der Waals surface area (Å²) in [6, 6.07) is 6.02. The molecule has 1 aromatic rings. The van der Waals surface area contributed by atoms with E-state index in [0.29, 0.717) is 23.9 Å². The molecule has 1 amide bonds. The number of methoxy groups -OCH3 is 1. The van der Waals surface area contributed by atoms with Crippen LogP contribution in [0.1, 0.15) is 44.2 Å². The predicted octanol–water partition coefficient (Wildman–Crippen LogP) is 3.10. The van der Waals surface area contributed by atoms with Crippen LogP contribution in [-0.4, -0.2) is 18.9 Å². The van der Waals surface area contributed by atoms with Gasteiger partial charge in [-0.2, -0.15) is 0 Å². The van der Waals surface area contributed by atoms with Gasteiger partial charge in [0.2, 0.25) is 0 Å². The van der Waals surface area contributed by atoms with E-state index < -0.39 is 0 Å². The molecule has 1 aromatic carbocycles. The zero-order valence-corrected chi connectivity index (χ0v) is 12.4. The summed E-state index contributed by atoms with van der Waals surface area (Å²) in [6.07, 6.45) is 2.49. The molecule has 106 valence electrons. The Kier molecular flexibility index (Phi) is 4.23. The Morgan fingerprint density at radius 2 is 2.15 bits per heavy atom. The highest BCUT2D eigenvalue weighted by Gasteiger charge is 2.19. The number of nitrogens with one attached hydrogen (secondary N) is 1. The third-order valence-corrected chi connectivity index (χ3v) is 3.29. The van der Waals surface area contributed by atoms with E-state index in [0.717, 1.165) is 11.3 Å². The van der Waals surface area contributed by atoms with Gasteiger partial charge in [0.25, 0.3) is 5.91 Å². The summed E-state index contributed by atoms with van der Waals surface area (Å²) in [5.41, 5.74) is 2.52. The maximum atomic E-state index is 11.8. The first-order valence-electron chi connectivity index (χ1n) is 6.83. The minimum Gasteiger partial charge on any atom is -0.496 e. The van der Waals surface area contributed by atoms with Crippen molar-refractivity contribution in [2.24, 2.45) is 4.99 Å². The first kappa shape index (κ1) is 14.3. The minimum absolute atomic E-state index is 0.154. The average molecular weight is 272 g/mol. The number of amides is 1. The summed E-state index contributed by atoms with van der Waals surface area (Å²) < 4.78 is 5.35. The summed E-state index contributed by atoms with van der Waals surface area (Å²) >= 11 is 0. The van der Waals surface area contributed by atoms with Crippen LogP contribution in [0.25, 0.3) is 6.08 Å². The second-order valence-electron chi connectivity index (χ2n) is 5.05. The van der Waals surface area contributed by atoms with Gasteiger partial charge in [-0.25, -0.2) is 4.99 Å². The first-order chi connectivity index (χ1) is 9.55. The van der Waals surface area contributed by atoms with Gasteiger partial charge in [0.15, 0.2) is 0 Å². The zero-order chi connectivity index (χ0) is 14.7. The Labute approximate surface area is 119 Å². The van der Waals surface area contributed by atoms with Crippen molar-refractivity contribution in [2.45, 2.75) is 33.1 Å². The van der Waals surface area contributed by atoms with Crippen LogP contribution < -0.4 is 10.1 Å². The lowest BCUT2D eigenvalue weighted by molar-refractivity contribution is -0.115. The Bertz CT molecular complexity index is 586. The molecule has 1 aliphatic rings. The lowest BCUT2D eigenvalue weighted by Gasteiger charge is -2.10. The highest BCUT2D eigenvalue weighted by atomic mass is 16.5. The van der Waals surface area contributed by atoms with Crippen molar-refractivity contribution in [1.29, 1.82) is 0 Å². The van der Waals surface area contributed by atoms with E-state index in [-0.39, 0.29) is 5.91 Å². The monoisotopic (exact) mass is 272 g/mol. The van der Waals surface area contributed by atoms with Crippen molar-refractivity contribution in [2.75, 3.05) is 7.11 Å². The molecule has 0 radical (unpaired) electrons. The van der Waals surface area contributed by atoms with Crippen LogP contribution >= 0.6 is 0 Å². The molecule has 0 spiro atoms. The van der Waals surface area contributed by atoms with Crippen LogP contribution in [-0.2, 0) is 4.79 Å². The molecule has 0 atom stereocenters. The number of rotatable bonds is 4. The normalized spacial score (nSPS) is 16.6. The summed E-state index contributed by atoms with van der Waals surface area (Å²) in [7, 11) is 1.63. The number of hydrogen-bond acceptors (Lipinski definition) is 3. The smallest absolute Gasteiger partial charge is 0.275 e. The van der Waals surface area contributed by atoms with Crippen LogP contribution in [0.3, 0.4) is 0 Å². The second kappa shape index (κ2) is 5.90. The number of ether oxygens (including phenoxy) is 1. The lowest BCUT2D eigenvalue weighted by Crippen LogP contribution is -2.23. The fourth-order valence-corrected chi connectivity index (χ4v) is 2.06. The maximum Gasteiger partial charge on any atom is 0.275 e. The van der Waals surface area contributed by atoms with E-state index in [9.17, 15) is 4.79 Å². The van der Waals surface area contributed by atoms with Gasteiger partial charge in [0, 0.05) is 12.0 Å². The molecule has 0 saturated heterocycles. The minimum atomic E-state index is -0.154. The van der Waals surface area contributed by atoms with Crippen LogP contribution in [0.2, 0.25) is 0 Å². The van der Waals surface area contributed by atoms with Crippen LogP contribution in [0.15, 0.2) is 28.9 Å². The maximum absolute atomic E-state index is 11.8. The lowest BCUT2D eigenvalue weighted by atomic mass is 10.00. The van der Waals surface area contributed by atoms with Crippen LogP contribution in [0.4, 0.5) is 0 Å². The molecule has 1 N–H and O–H groups in total. The molecule has 0 fully saturated rings. The Morgan fingerprint density at radius 1 is 1.40 bits per heavy atom. The summed E-state index contributed by atoms with van der Waals surface area (Å²) in [5.74, 6) is 1.72. The largest absolute Gasteiger partial charge is 0.496 e. The standard InChI is InChI=1S/C16H20N2O2/c1-5-15-17-13(16(19)18-15)9-12-8-11(10(2)3)6-7-14(12)20-4/h6-10H,5H2,1-4H3,(H,17,18,19)/b13-9-. The first-order valence-corrected chi connectivity index (χ1v) is 6.83. The van der Waals surface area contributed by atoms with Gasteiger partial charge >= 0.3 is 0 Å². The van der Waals surface area contributed by atoms with Gasteiger partial charge in [-0.1, -0.05) is 26.8 Å². The van der Waals surface area contributed by atoms with Crippen molar-refractivity contribution in [3.63, 3.8) is 0 Å². The fourth-order valence-electron chi connectivity index (χ4n) is 2.06. The van der Waals surface area contributed by atoms with E-state index in [1.807, 2.05) is 25.1 Å². The molecule has 0 unspecified atom stereocenters. The van der Waals surface area contributed by atoms with Gasteiger partial charge in [-0.15, -0.1) is 0 Å². The fraction of sp³-hybridized carbons (Fsp3) is 0.375. The Morgan fingerprint density at radius 3 is 2.70 bits per heavy atom. The SMILES string of the molecule is CCC1=N/C(=C\c2cc(C(C)C)ccc2OC)C(=O)N1. The molecule has 4 nitrogen and oxygen atoms in total. The summed E-state index contributed by atoms with van der Waals surface area (Å²) in [4.78, 5) is 16.1. The molecular weight excluding hydrogens is 252 g/mol. The number of amidine groups is 1. The average Bonchev–Trinajstić information content (AvgIpc) is 2.79. The number of carbonyl (C=O) groups is 1. The molecule has 1 aliphatic heterocycles. The third kappa shape index (κ3) is 2.90. The number of hydrogen-bond donors (Lipinski definition) is 1. The summed E-state index contributed by atoms with van der Waals surface area (Å²) in [6.45, 7) is 6.23. The quantitative estimate of drug-likeness (QED) is 0.856. The van der Waals surface area contributed by atoms with E-state index >= 15 is 0 Å². The molecule has 20 heavy (non-hydrogen) atoms. The van der Waals surface area contributed by atoms with Crippen molar-refractivity contribution in [3.8, 4) is 5.75 Å². The topological polar surface area (TPSA) is 50.7 Å². The van der Waals surface area contributed by atoms with Gasteiger partial charge < -0.3 is 10.1 Å². The molecule has 0 aliphatic carbocycles. The molecule has 0 bridgehead atoms. The third-order valence-electron chi connectivity index (χ3n) is 3.29. The Hall–Kier alpha value is -2.10. The number of aliphatic imine (C=N–C) groups is 1. The van der Waals surface area contributed by atoms with Crippen molar-refractivity contribution < 1.29 is 9.53 Å². The van der Waals surface area contributed by atoms with Gasteiger partial charge in [0.1, 0.15) is 17.3 Å². The molecule has 1 heterocycles. The predicted molar refractivity (Wildman–Crippen MR) is 80.9 cm³/mol. The molecule has 2 rings (SSSR count). The zero-order valence-electron chi connectivity index (χ0n) is 12.4. The molecule has 4 heteroatoms. The van der Waals surface area contributed by atoms with Crippen molar-refractivity contribution in [1.82, 2.24) is 5.32 Å². The molecule has 0 saturated carbocycles. The van der Waals surface area contributed by atoms with Gasteiger partial charge in [-0.05, 0) is 29.7 Å². The van der Waals surface area contributed by atoms with Crippen LogP contribution in [0, 0.1) is 0 Å². The van der Waals surface area contributed by atoms with Crippen molar-refractivity contribution >= 4 is 17.8 Å². The highest BCUT2D eigenvalue weighted by Crippen LogP contribution is 2.27. The van der Waals surface area contributed by atoms with Gasteiger partial charge in [-0.3, -0.25) is 4.79 Å².